The third-order valence-corrected chi connectivity index (χ3v) is 5.55. The number of anilines is 1. The Labute approximate surface area is 184 Å². The van der Waals surface area contributed by atoms with Crippen molar-refractivity contribution in [2.75, 3.05) is 4.90 Å². The van der Waals surface area contributed by atoms with E-state index in [1.165, 1.54) is 6.08 Å². The van der Waals surface area contributed by atoms with E-state index >= 15 is 0 Å². The maximum atomic E-state index is 13.0. The van der Waals surface area contributed by atoms with Crippen LogP contribution in [0, 0.1) is 0 Å². The van der Waals surface area contributed by atoms with E-state index in [2.05, 4.69) is 21.2 Å². The van der Waals surface area contributed by atoms with Gasteiger partial charge in [-0.05, 0) is 61.0 Å². The third-order valence-electron chi connectivity index (χ3n) is 5.02. The molecule has 2 N–H and O–H groups in total. The van der Waals surface area contributed by atoms with Crippen molar-refractivity contribution in [2.45, 2.75) is 13.0 Å². The van der Waals surface area contributed by atoms with Gasteiger partial charge in [0, 0.05) is 21.6 Å². The summed E-state index contributed by atoms with van der Waals surface area (Å²) in [6, 6.07) is 11.9. The Morgan fingerprint density at radius 2 is 1.81 bits per heavy atom. The van der Waals surface area contributed by atoms with Crippen molar-refractivity contribution in [3.8, 4) is 0 Å². The molecule has 4 rings (SSSR count). The van der Waals surface area contributed by atoms with Crippen LogP contribution in [0.4, 0.5) is 10.5 Å². The summed E-state index contributed by atoms with van der Waals surface area (Å²) in [5.74, 6) is -2.46. The summed E-state index contributed by atoms with van der Waals surface area (Å²) < 4.78 is 2.41. The fraction of sp³-hybridized carbons (Fsp3) is 0.0909. The van der Waals surface area contributed by atoms with Gasteiger partial charge in [0.25, 0.3) is 11.8 Å². The van der Waals surface area contributed by atoms with Gasteiger partial charge in [0.2, 0.25) is 0 Å². The summed E-state index contributed by atoms with van der Waals surface area (Å²) in [5, 5.41) is 12.2. The molecule has 1 aliphatic rings. The van der Waals surface area contributed by atoms with Gasteiger partial charge >= 0.3 is 12.0 Å². The number of aliphatic carboxylic acids is 1. The molecule has 9 heteroatoms. The van der Waals surface area contributed by atoms with E-state index in [0.29, 0.717) is 16.8 Å². The van der Waals surface area contributed by atoms with Gasteiger partial charge in [-0.2, -0.15) is 0 Å². The first-order valence-corrected chi connectivity index (χ1v) is 10.1. The Morgan fingerprint density at radius 1 is 1.10 bits per heavy atom. The highest BCUT2D eigenvalue weighted by Crippen LogP contribution is 2.26. The molecule has 4 amide bonds. The van der Waals surface area contributed by atoms with E-state index in [9.17, 15) is 24.3 Å². The maximum Gasteiger partial charge on any atom is 0.335 e. The number of imide groups is 2. The normalized spacial score (nSPS) is 16.6. The van der Waals surface area contributed by atoms with Crippen molar-refractivity contribution in [1.82, 2.24) is 9.88 Å². The number of rotatable bonds is 4. The number of nitrogens with one attached hydrogen (secondary N) is 1. The van der Waals surface area contributed by atoms with Gasteiger partial charge < -0.3 is 9.67 Å². The number of aromatic nitrogens is 1. The predicted molar refractivity (Wildman–Crippen MR) is 117 cm³/mol. The van der Waals surface area contributed by atoms with E-state index in [1.807, 2.05) is 0 Å². The van der Waals surface area contributed by atoms with Crippen LogP contribution in [-0.2, 0) is 14.4 Å². The van der Waals surface area contributed by atoms with Crippen molar-refractivity contribution in [1.29, 1.82) is 0 Å². The van der Waals surface area contributed by atoms with Crippen LogP contribution in [0.5, 0.6) is 0 Å². The van der Waals surface area contributed by atoms with Gasteiger partial charge in [-0.25, -0.2) is 14.5 Å². The number of carbonyl (C=O) groups excluding carboxylic acids is 3. The van der Waals surface area contributed by atoms with Crippen LogP contribution in [0.15, 0.2) is 64.8 Å². The molecule has 0 bridgehead atoms. The number of carbonyl (C=O) groups is 4. The number of barbiturate groups is 1. The van der Waals surface area contributed by atoms with E-state index in [-0.39, 0.29) is 5.57 Å². The summed E-state index contributed by atoms with van der Waals surface area (Å²) in [6.45, 7) is 1.58. The molecule has 2 aromatic carbocycles. The lowest BCUT2D eigenvalue weighted by Crippen LogP contribution is -2.54. The molecule has 1 saturated heterocycles. The average molecular weight is 482 g/mol. The average Bonchev–Trinajstić information content (AvgIpc) is 3.15. The van der Waals surface area contributed by atoms with Gasteiger partial charge in [-0.1, -0.05) is 22.0 Å². The zero-order chi connectivity index (χ0) is 22.3. The number of hydrogen-bond donors (Lipinski definition) is 2. The largest absolute Gasteiger partial charge is 0.480 e. The van der Waals surface area contributed by atoms with Gasteiger partial charge in [0.05, 0.1) is 5.69 Å². The van der Waals surface area contributed by atoms with Crippen LogP contribution in [0.3, 0.4) is 0 Å². The molecule has 156 valence electrons. The van der Waals surface area contributed by atoms with Crippen molar-refractivity contribution in [3.63, 3.8) is 0 Å². The fourth-order valence-corrected chi connectivity index (χ4v) is 3.64. The number of amides is 4. The second-order valence-electron chi connectivity index (χ2n) is 6.99. The molecule has 2 heterocycles. The topological polar surface area (TPSA) is 109 Å². The minimum absolute atomic E-state index is 0.180. The number of fused-ring (bicyclic) bond motifs is 1. The highest BCUT2D eigenvalue weighted by atomic mass is 79.9. The first-order chi connectivity index (χ1) is 14.8. The summed E-state index contributed by atoms with van der Waals surface area (Å²) >= 11 is 3.30. The minimum Gasteiger partial charge on any atom is -0.480 e. The first-order valence-electron chi connectivity index (χ1n) is 9.26. The van der Waals surface area contributed by atoms with E-state index in [0.717, 1.165) is 14.8 Å². The molecule has 0 aliphatic carbocycles. The molecule has 0 radical (unpaired) electrons. The number of urea groups is 1. The lowest BCUT2D eigenvalue weighted by Gasteiger charge is -2.26. The Bertz CT molecular complexity index is 1280. The summed E-state index contributed by atoms with van der Waals surface area (Å²) in [5.41, 5.74) is 1.43. The predicted octanol–water partition coefficient (Wildman–Crippen LogP) is 3.72. The molecule has 8 nitrogen and oxygen atoms in total. The zero-order valence-corrected chi connectivity index (χ0v) is 17.8. The third kappa shape index (κ3) is 3.75. The minimum atomic E-state index is -0.953. The summed E-state index contributed by atoms with van der Waals surface area (Å²) in [7, 11) is 0. The lowest BCUT2D eigenvalue weighted by molar-refractivity contribution is -0.140. The Morgan fingerprint density at radius 3 is 2.48 bits per heavy atom. The number of benzene rings is 2. The second-order valence-corrected chi connectivity index (χ2v) is 7.91. The molecule has 1 atom stereocenters. The monoisotopic (exact) mass is 481 g/mol. The number of carboxylic acid groups (broad SMARTS) is 1. The Kier molecular flexibility index (Phi) is 5.20. The van der Waals surface area contributed by atoms with Crippen molar-refractivity contribution in [2.24, 2.45) is 0 Å². The second kappa shape index (κ2) is 7.84. The van der Waals surface area contributed by atoms with Crippen LogP contribution >= 0.6 is 15.9 Å². The molecule has 0 spiro atoms. The Hall–Kier alpha value is -3.72. The molecule has 0 saturated carbocycles. The van der Waals surface area contributed by atoms with Gasteiger partial charge in [-0.3, -0.25) is 14.9 Å². The van der Waals surface area contributed by atoms with Crippen LogP contribution in [0.25, 0.3) is 17.0 Å². The fourth-order valence-electron chi connectivity index (χ4n) is 3.38. The van der Waals surface area contributed by atoms with Crippen molar-refractivity contribution >= 4 is 62.4 Å². The summed E-state index contributed by atoms with van der Waals surface area (Å²) in [4.78, 5) is 49.8. The standard InChI is InChI=1S/C22H16BrN3O5/c1-12(21(29)30)25-9-8-14-10-13(2-7-18(14)25)11-17-19(27)24-22(31)26(20(17)28)16-5-3-15(23)4-6-16/h2-12H,1H3,(H,29,30)(H,24,27,31)/b17-11+/t12-/m0/s1. The smallest absolute Gasteiger partial charge is 0.335 e. The van der Waals surface area contributed by atoms with Gasteiger partial charge in [0.15, 0.2) is 0 Å². The SMILES string of the molecule is C[C@@H](C(=O)O)n1ccc2cc(/C=C3\C(=O)NC(=O)N(c4ccc(Br)cc4)C3=O)ccc21. The lowest BCUT2D eigenvalue weighted by atomic mass is 10.1. The quantitative estimate of drug-likeness (QED) is 0.436. The Balaban J connectivity index is 1.71. The van der Waals surface area contributed by atoms with Crippen LogP contribution < -0.4 is 10.2 Å². The molecular formula is C22H16BrN3O5. The molecule has 31 heavy (non-hydrogen) atoms. The zero-order valence-electron chi connectivity index (χ0n) is 16.2. The summed E-state index contributed by atoms with van der Waals surface area (Å²) in [6.07, 6.45) is 3.08. The maximum absolute atomic E-state index is 13.0. The molecule has 1 fully saturated rings. The van der Waals surface area contributed by atoms with Crippen LogP contribution in [0.1, 0.15) is 18.5 Å². The molecule has 1 aliphatic heterocycles. The van der Waals surface area contributed by atoms with Crippen molar-refractivity contribution < 1.29 is 24.3 Å². The number of carboxylic acids is 1. The number of nitrogens with zero attached hydrogens (tertiary/aromatic N) is 2. The van der Waals surface area contributed by atoms with E-state index < -0.39 is 29.9 Å². The van der Waals surface area contributed by atoms with Crippen LogP contribution in [0.2, 0.25) is 0 Å². The molecular weight excluding hydrogens is 466 g/mol. The van der Waals surface area contributed by atoms with E-state index in [1.54, 1.807) is 66.2 Å². The number of halogens is 1. The first kappa shape index (κ1) is 20.5. The van der Waals surface area contributed by atoms with E-state index in [4.69, 9.17) is 0 Å². The van der Waals surface area contributed by atoms with Crippen molar-refractivity contribution in [3.05, 3.63) is 70.3 Å². The highest BCUT2D eigenvalue weighted by Gasteiger charge is 2.36. The molecule has 1 aromatic heterocycles. The molecule has 3 aromatic rings. The number of hydrogen-bond acceptors (Lipinski definition) is 4. The highest BCUT2D eigenvalue weighted by molar-refractivity contribution is 9.10. The molecule has 0 unspecified atom stereocenters. The van der Waals surface area contributed by atoms with Crippen LogP contribution in [-0.4, -0.2) is 33.5 Å². The van der Waals surface area contributed by atoms with Gasteiger partial charge in [0.1, 0.15) is 11.6 Å². The van der Waals surface area contributed by atoms with Gasteiger partial charge in [-0.15, -0.1) is 0 Å².